The summed E-state index contributed by atoms with van der Waals surface area (Å²) in [5.41, 5.74) is 4.58. The SMILES string of the molecule is CCN(CCCCN[C@@]1(C)C[C@H](O[C@H]2[C@H](Oc3c4cc5cc3Oc3ccc(cc3Cl)[C@@H](O)[C@@H](NC(=O)[C@@H](CC(C)C)NC)C(=O)N[C@@H](CC(N)=O)C(=O)N[C@H]5C(=O)N[C@H]3C(=O)N[C@H](C(=O)N[C@H](C(=O)O)c5cc(O)cc(O)c5-c5cc3ccc5O)[C@H](O)c3ccc(c(Cl)c3)O4)O[C@H](CO)[C@@H](O)[C@@H]2O)O[C@@H](C)[C@H]1O)c1cc(C)nc2ccccc12. The molecule has 0 aliphatic carbocycles. The molecule has 37 heteroatoms. The van der Waals surface area contributed by atoms with Gasteiger partial charge in [0.15, 0.2) is 29.9 Å². The second-order valence-corrected chi connectivity index (χ2v) is 31.5. The number of amides is 7. The predicted molar refractivity (Wildman–Crippen MR) is 427 cm³/mol. The lowest BCUT2D eigenvalue weighted by Crippen LogP contribution is -2.65. The van der Waals surface area contributed by atoms with Crippen LogP contribution < -0.4 is 67.4 Å². The number of primary amides is 1. The van der Waals surface area contributed by atoms with Gasteiger partial charge in [-0.3, -0.25) is 38.5 Å². The Morgan fingerprint density at radius 1 is 0.731 bits per heavy atom. The summed E-state index contributed by atoms with van der Waals surface area (Å²) in [7, 11) is 1.48. The van der Waals surface area contributed by atoms with Crippen LogP contribution in [0.5, 0.6) is 46.0 Å². The number of aromatic hydroxyl groups is 3. The minimum absolute atomic E-state index is 0.105. The fourth-order valence-corrected chi connectivity index (χ4v) is 15.9. The number of benzene rings is 6. The number of ether oxygens (including phenoxy) is 6. The number of anilines is 1. The van der Waals surface area contributed by atoms with Crippen LogP contribution in [0, 0.1) is 12.8 Å². The molecular formula is C82H95Cl2N11O24. The Labute approximate surface area is 691 Å². The number of hydrogen-bond donors (Lipinski definition) is 19. The predicted octanol–water partition coefficient (Wildman–Crippen LogP) is 3.90. The van der Waals surface area contributed by atoms with Crippen LogP contribution in [-0.4, -0.2) is 216 Å². The van der Waals surface area contributed by atoms with Gasteiger partial charge in [-0.2, -0.15) is 0 Å². The maximum absolute atomic E-state index is 16.2. The number of aliphatic carboxylic acids is 1. The largest absolute Gasteiger partial charge is 0.508 e. The highest BCUT2D eigenvalue weighted by Crippen LogP contribution is 2.50. The number of carbonyl (C=O) groups excluding carboxylic acids is 7. The van der Waals surface area contributed by atoms with Crippen molar-refractivity contribution >= 4 is 87.1 Å². The number of carboxylic acid groups (broad SMARTS) is 1. The summed E-state index contributed by atoms with van der Waals surface area (Å²) < 4.78 is 39.6. The van der Waals surface area contributed by atoms with E-state index in [-0.39, 0.29) is 46.2 Å². The van der Waals surface area contributed by atoms with Crippen molar-refractivity contribution in [1.29, 1.82) is 0 Å². The highest BCUT2D eigenvalue weighted by Gasteiger charge is 2.52. The average Bonchev–Trinajstić information content (AvgIpc) is 0.772. The summed E-state index contributed by atoms with van der Waals surface area (Å²) in [5.74, 6) is -16.0. The van der Waals surface area contributed by atoms with Gasteiger partial charge in [-0.15, -0.1) is 0 Å². The molecule has 7 aromatic rings. The van der Waals surface area contributed by atoms with Gasteiger partial charge >= 0.3 is 5.97 Å². The fourth-order valence-electron chi connectivity index (χ4n) is 15.4. The lowest BCUT2D eigenvalue weighted by atomic mass is 9.85. The van der Waals surface area contributed by atoms with Crippen molar-refractivity contribution in [2.75, 3.05) is 38.2 Å². The zero-order chi connectivity index (χ0) is 85.9. The average molecular weight is 1690 g/mol. The number of rotatable bonds is 21. The fraction of sp³-hybridized carbons (Fsp3) is 0.427. The summed E-state index contributed by atoms with van der Waals surface area (Å²) in [6.45, 7) is 11.8. The lowest BCUT2D eigenvalue weighted by Gasteiger charge is -2.48. The van der Waals surface area contributed by atoms with E-state index in [1.165, 1.54) is 19.2 Å². The number of nitrogens with two attached hydrogens (primary N) is 1. The molecule has 6 aromatic carbocycles. The molecule has 119 heavy (non-hydrogen) atoms. The van der Waals surface area contributed by atoms with E-state index in [2.05, 4.69) is 60.4 Å². The normalized spacial score (nSPS) is 26.8. The van der Waals surface area contributed by atoms with Gasteiger partial charge in [0, 0.05) is 64.6 Å². The molecule has 7 amide bonds. The highest BCUT2D eigenvalue weighted by atomic mass is 35.5. The number of carboxylic acids is 1. The molecular weight excluding hydrogens is 1590 g/mol. The number of phenolic OH excluding ortho intramolecular Hbond substituents is 3. The van der Waals surface area contributed by atoms with Crippen molar-refractivity contribution in [2.24, 2.45) is 11.7 Å². The first-order valence-electron chi connectivity index (χ1n) is 38.6. The molecule has 20 N–H and O–H groups in total. The maximum atomic E-state index is 16.2. The van der Waals surface area contributed by atoms with Crippen LogP contribution in [0.2, 0.25) is 10.0 Å². The van der Waals surface area contributed by atoms with Gasteiger partial charge in [0.1, 0.15) is 89.5 Å². The molecule has 2 saturated heterocycles. The van der Waals surface area contributed by atoms with Crippen LogP contribution in [0.15, 0.2) is 109 Å². The van der Waals surface area contributed by atoms with Crippen molar-refractivity contribution in [3.8, 4) is 57.1 Å². The molecule has 0 saturated carbocycles. The Morgan fingerprint density at radius 2 is 1.38 bits per heavy atom. The number of nitrogens with one attached hydrogen (secondary N) is 8. The number of aryl methyl sites for hydroxylation is 1. The first-order chi connectivity index (χ1) is 56.6. The van der Waals surface area contributed by atoms with E-state index in [9.17, 15) is 75.0 Å². The van der Waals surface area contributed by atoms with Crippen LogP contribution >= 0.6 is 23.2 Å². The summed E-state index contributed by atoms with van der Waals surface area (Å²) in [4.78, 5) is 125. The number of aliphatic hydroxyl groups excluding tert-OH is 6. The van der Waals surface area contributed by atoms with Gasteiger partial charge in [0.2, 0.25) is 53.4 Å². The Morgan fingerprint density at radius 3 is 2.02 bits per heavy atom. The number of unbranched alkanes of at least 4 members (excludes halogenated alkanes) is 1. The Kier molecular flexibility index (Phi) is 27.1. The first kappa shape index (κ1) is 87.5. The molecule has 7 aliphatic heterocycles. The number of carbonyl (C=O) groups is 8. The topological polar surface area (TPSA) is 533 Å². The van der Waals surface area contributed by atoms with E-state index in [1.54, 1.807) is 13.8 Å². The number of pyridine rings is 1. The van der Waals surface area contributed by atoms with E-state index >= 15 is 14.4 Å². The molecule has 0 unspecified atom stereocenters. The monoisotopic (exact) mass is 1690 g/mol. The van der Waals surface area contributed by atoms with Crippen molar-refractivity contribution in [3.63, 3.8) is 0 Å². The summed E-state index contributed by atoms with van der Waals surface area (Å²) in [5, 5.41) is 138. The molecule has 35 nitrogen and oxygen atoms in total. The zero-order valence-electron chi connectivity index (χ0n) is 65.6. The summed E-state index contributed by atoms with van der Waals surface area (Å²) in [6.07, 6.45) is -17.1. The van der Waals surface area contributed by atoms with Crippen molar-refractivity contribution < 1.29 is 118 Å². The number of aromatic nitrogens is 1. The molecule has 11 bridgehead atoms. The van der Waals surface area contributed by atoms with Gasteiger partial charge in [-0.1, -0.05) is 73.4 Å². The van der Waals surface area contributed by atoms with Crippen molar-refractivity contribution in [2.45, 2.75) is 183 Å². The number of hydrogen-bond acceptors (Lipinski definition) is 27. The zero-order valence-corrected chi connectivity index (χ0v) is 67.1. The third kappa shape index (κ3) is 19.1. The molecule has 0 spiro atoms. The highest BCUT2D eigenvalue weighted by molar-refractivity contribution is 6.32. The van der Waals surface area contributed by atoms with E-state index in [0.29, 0.717) is 26.1 Å². The van der Waals surface area contributed by atoms with E-state index in [1.807, 2.05) is 45.0 Å². The number of fused-ring (bicyclic) bond motifs is 16. The first-order valence-corrected chi connectivity index (χ1v) is 39.4. The summed E-state index contributed by atoms with van der Waals surface area (Å²) in [6, 6.07) is 9.42. The molecule has 8 heterocycles. The molecule has 14 rings (SSSR count). The number of phenols is 3. The number of para-hydroxylation sites is 1. The van der Waals surface area contributed by atoms with Gasteiger partial charge in [-0.05, 0) is 155 Å². The molecule has 18 atom stereocenters. The molecule has 0 radical (unpaired) electrons. The minimum Gasteiger partial charge on any atom is -0.508 e. The molecule has 2 fully saturated rings. The Bertz CT molecular complexity index is 5030. The second-order valence-electron chi connectivity index (χ2n) is 30.6. The number of likely N-dealkylation sites (N-methyl/N-ethyl adjacent to an activating group) is 1. The third-order valence-electron chi connectivity index (χ3n) is 21.7. The standard InChI is InChI=1S/C82H95Cl2N11O24/c1-8-95(51-24-36(4)88-48-14-10-9-13-43(48)51)22-12-11-21-87-82(6)33-60(114-37(5)73(82)105)118-72-70(104)69(103)58(34-96)117-81(72)119-71-56-28-41-29-57(71)116-55-20-17-40(27-47(55)84)68(102)66-79(111)92-64(80(112)113)45-30-42(97)31-53(99)61(45)44-25-38(15-18-52(44)98)62(76(108)94-66)91-77(109)63(41)90-75(107)50(32-59(85)100)89-78(110)65(93-74(106)49(86-7)23-35(2)3)67(101)39-16-19-54(115-56)46(83)26-39/h9-10,13-20,24-31,35,37,49-50,58,60,62-70,72-73,81,86-87,96-99,101-105H,8,11-12,21-23,32-34H2,1-7H3,(H2,85,100)(H,89,110)(H,90,107)(H,91,109)(H,92,111)(H,93,106)(H,94,108)(H,112,113)/t37-,49+,50-,58+,60-,62+,63+,64-,65+,66-,67+,68+,69+,70-,72+,73+,81-,82-/m0/s1. The van der Waals surface area contributed by atoms with Gasteiger partial charge in [0.25, 0.3) is 0 Å². The second kappa shape index (κ2) is 36.8. The quantitative estimate of drug-likeness (QED) is 0.0454. The van der Waals surface area contributed by atoms with Crippen molar-refractivity contribution in [3.05, 3.63) is 153 Å². The minimum atomic E-state index is -2.36. The van der Waals surface area contributed by atoms with E-state index in [0.717, 1.165) is 95.4 Å². The van der Waals surface area contributed by atoms with Gasteiger partial charge in [-0.25, -0.2) is 4.79 Å². The van der Waals surface area contributed by atoms with Crippen LogP contribution in [0.1, 0.15) is 131 Å². The van der Waals surface area contributed by atoms with Gasteiger partial charge in [0.05, 0.1) is 46.8 Å². The molecule has 1 aromatic heterocycles. The van der Waals surface area contributed by atoms with E-state index < -0.39 is 237 Å². The smallest absolute Gasteiger partial charge is 0.330 e. The maximum Gasteiger partial charge on any atom is 0.330 e. The van der Waals surface area contributed by atoms with Crippen molar-refractivity contribution in [1.82, 2.24) is 47.5 Å². The Hall–Kier alpha value is -10.8. The van der Waals surface area contributed by atoms with Crippen LogP contribution in [0.3, 0.4) is 0 Å². The Balaban J connectivity index is 1.01. The van der Waals surface area contributed by atoms with Crippen LogP contribution in [-0.2, 0) is 52.6 Å². The van der Waals surface area contributed by atoms with Gasteiger partial charge < -0.3 is 133 Å². The summed E-state index contributed by atoms with van der Waals surface area (Å²) >= 11 is 14.3. The molecule has 7 aliphatic rings. The number of nitrogens with zero attached hydrogens (tertiary/aromatic N) is 2. The van der Waals surface area contributed by atoms with Crippen LogP contribution in [0.25, 0.3) is 22.0 Å². The lowest BCUT2D eigenvalue weighted by molar-refractivity contribution is -0.334. The third-order valence-corrected chi connectivity index (χ3v) is 22.3. The van der Waals surface area contributed by atoms with Crippen LogP contribution in [0.4, 0.5) is 5.69 Å². The number of aliphatic hydroxyl groups is 6. The number of halogens is 2. The molecule has 636 valence electrons. The van der Waals surface area contributed by atoms with E-state index in [4.69, 9.17) is 62.3 Å².